The first-order valence-corrected chi connectivity index (χ1v) is 7.81. The summed E-state index contributed by atoms with van der Waals surface area (Å²) in [7, 11) is 0. The van der Waals surface area contributed by atoms with Gasteiger partial charge in [-0.05, 0) is 31.0 Å². The van der Waals surface area contributed by atoms with Crippen molar-refractivity contribution in [3.8, 4) is 0 Å². The zero-order valence-corrected chi connectivity index (χ0v) is 14.0. The van der Waals surface area contributed by atoms with Crippen molar-refractivity contribution in [1.29, 1.82) is 0 Å². The number of amides is 2. The van der Waals surface area contributed by atoms with E-state index in [1.807, 2.05) is 4.90 Å². The molecule has 0 bridgehead atoms. The van der Waals surface area contributed by atoms with Crippen LogP contribution in [-0.2, 0) is 4.79 Å². The molecule has 2 saturated heterocycles. The quantitative estimate of drug-likeness (QED) is 0.869. The van der Waals surface area contributed by atoms with E-state index in [-0.39, 0.29) is 35.8 Å². The Labute approximate surface area is 145 Å². The number of nitrogens with zero attached hydrogens (tertiary/aromatic N) is 2. The largest absolute Gasteiger partial charge is 0.337 e. The molecule has 2 amide bonds. The molecule has 1 atom stereocenters. The number of rotatable bonds is 2. The van der Waals surface area contributed by atoms with Gasteiger partial charge in [-0.3, -0.25) is 9.59 Å². The van der Waals surface area contributed by atoms with Crippen LogP contribution >= 0.6 is 12.4 Å². The highest BCUT2D eigenvalue weighted by molar-refractivity contribution is 5.94. The average Bonchev–Trinajstić information content (AvgIpc) is 2.57. The summed E-state index contributed by atoms with van der Waals surface area (Å²) in [5.41, 5.74) is 0.135. The van der Waals surface area contributed by atoms with Gasteiger partial charge in [0.1, 0.15) is 0 Å². The number of piperazine rings is 1. The van der Waals surface area contributed by atoms with Gasteiger partial charge in [0.15, 0.2) is 11.6 Å². The maximum absolute atomic E-state index is 13.3. The third-order valence-electron chi connectivity index (χ3n) is 4.42. The standard InChI is InChI=1S/C16H19F2N3O2.ClH/c17-13-4-3-11(8-14(13)18)16(23)20-6-1-2-12(10-20)21-7-5-19-9-15(21)22;/h3-4,8,12,19H,1-2,5-7,9-10H2;1H. The molecule has 0 spiro atoms. The first-order valence-electron chi connectivity index (χ1n) is 7.81. The molecule has 2 aliphatic rings. The summed E-state index contributed by atoms with van der Waals surface area (Å²) >= 11 is 0. The van der Waals surface area contributed by atoms with Crippen LogP contribution in [0.4, 0.5) is 8.78 Å². The van der Waals surface area contributed by atoms with Crippen LogP contribution in [0.1, 0.15) is 23.2 Å². The molecule has 0 saturated carbocycles. The van der Waals surface area contributed by atoms with E-state index in [9.17, 15) is 18.4 Å². The lowest BCUT2D eigenvalue weighted by atomic mass is 10.0. The minimum absolute atomic E-state index is 0. The lowest BCUT2D eigenvalue weighted by Crippen LogP contribution is -2.57. The first kappa shape index (κ1) is 18.6. The van der Waals surface area contributed by atoms with Gasteiger partial charge >= 0.3 is 0 Å². The monoisotopic (exact) mass is 359 g/mol. The average molecular weight is 360 g/mol. The van der Waals surface area contributed by atoms with Gasteiger partial charge < -0.3 is 15.1 Å². The van der Waals surface area contributed by atoms with Crippen molar-refractivity contribution >= 4 is 24.2 Å². The number of hydrogen-bond acceptors (Lipinski definition) is 3. The normalized spacial score (nSPS) is 21.4. The van der Waals surface area contributed by atoms with Crippen LogP contribution in [0.2, 0.25) is 0 Å². The van der Waals surface area contributed by atoms with Crippen molar-refractivity contribution < 1.29 is 18.4 Å². The molecule has 2 heterocycles. The smallest absolute Gasteiger partial charge is 0.254 e. The Bertz CT molecular complexity index is 629. The van der Waals surface area contributed by atoms with E-state index >= 15 is 0 Å². The number of benzene rings is 1. The molecule has 8 heteroatoms. The maximum atomic E-state index is 13.3. The lowest BCUT2D eigenvalue weighted by Gasteiger charge is -2.41. The Morgan fingerprint density at radius 3 is 2.71 bits per heavy atom. The number of nitrogens with one attached hydrogen (secondary N) is 1. The summed E-state index contributed by atoms with van der Waals surface area (Å²) in [6.45, 7) is 2.71. The summed E-state index contributed by atoms with van der Waals surface area (Å²) in [6, 6.07) is 3.18. The van der Waals surface area contributed by atoms with Crippen LogP contribution in [0.15, 0.2) is 18.2 Å². The lowest BCUT2D eigenvalue weighted by molar-refractivity contribution is -0.135. The molecule has 0 radical (unpaired) electrons. The Hall–Kier alpha value is -1.73. The number of piperidine rings is 1. The highest BCUT2D eigenvalue weighted by Crippen LogP contribution is 2.20. The van der Waals surface area contributed by atoms with Crippen molar-refractivity contribution in [1.82, 2.24) is 15.1 Å². The molecular weight excluding hydrogens is 340 g/mol. The molecule has 1 aromatic carbocycles. The van der Waals surface area contributed by atoms with E-state index in [0.717, 1.165) is 31.5 Å². The van der Waals surface area contributed by atoms with Crippen LogP contribution in [0.3, 0.4) is 0 Å². The molecule has 24 heavy (non-hydrogen) atoms. The van der Waals surface area contributed by atoms with E-state index in [0.29, 0.717) is 26.2 Å². The molecule has 0 aliphatic carbocycles. The van der Waals surface area contributed by atoms with Gasteiger partial charge in [-0.1, -0.05) is 0 Å². The number of hydrogen-bond donors (Lipinski definition) is 1. The fourth-order valence-corrected chi connectivity index (χ4v) is 3.21. The van der Waals surface area contributed by atoms with E-state index in [1.54, 1.807) is 4.90 Å². The molecule has 5 nitrogen and oxygen atoms in total. The molecule has 2 aliphatic heterocycles. The summed E-state index contributed by atoms with van der Waals surface area (Å²) in [5.74, 6) is -2.27. The molecule has 1 unspecified atom stereocenters. The number of likely N-dealkylation sites (tertiary alicyclic amines) is 1. The van der Waals surface area contributed by atoms with Crippen LogP contribution in [0.5, 0.6) is 0 Å². The van der Waals surface area contributed by atoms with Crippen LogP contribution in [0, 0.1) is 11.6 Å². The second kappa shape index (κ2) is 7.90. The summed E-state index contributed by atoms with van der Waals surface area (Å²) in [5, 5.41) is 3.03. The zero-order valence-electron chi connectivity index (χ0n) is 13.1. The van der Waals surface area contributed by atoms with Gasteiger partial charge in [0.25, 0.3) is 5.91 Å². The van der Waals surface area contributed by atoms with Gasteiger partial charge in [0.2, 0.25) is 5.91 Å². The molecular formula is C16H20ClF2N3O2. The van der Waals surface area contributed by atoms with E-state index in [2.05, 4.69) is 5.32 Å². The van der Waals surface area contributed by atoms with Crippen LogP contribution in [0.25, 0.3) is 0 Å². The van der Waals surface area contributed by atoms with Gasteiger partial charge in [0, 0.05) is 37.8 Å². The molecule has 132 valence electrons. The summed E-state index contributed by atoms with van der Waals surface area (Å²) in [6.07, 6.45) is 1.64. The third-order valence-corrected chi connectivity index (χ3v) is 4.42. The summed E-state index contributed by atoms with van der Waals surface area (Å²) in [4.78, 5) is 27.9. The highest BCUT2D eigenvalue weighted by atomic mass is 35.5. The van der Waals surface area contributed by atoms with Crippen molar-refractivity contribution in [2.75, 3.05) is 32.7 Å². The Morgan fingerprint density at radius 1 is 1.21 bits per heavy atom. The number of carbonyl (C=O) groups excluding carboxylic acids is 2. The molecule has 0 aromatic heterocycles. The fourth-order valence-electron chi connectivity index (χ4n) is 3.21. The van der Waals surface area contributed by atoms with Crippen molar-refractivity contribution in [3.05, 3.63) is 35.4 Å². The molecule has 3 rings (SSSR count). The molecule has 1 N–H and O–H groups in total. The second-order valence-corrected chi connectivity index (χ2v) is 5.94. The topological polar surface area (TPSA) is 52.7 Å². The minimum atomic E-state index is -1.03. The number of carbonyl (C=O) groups is 2. The van der Waals surface area contributed by atoms with Crippen LogP contribution in [-0.4, -0.2) is 60.4 Å². The van der Waals surface area contributed by atoms with Gasteiger partial charge in [-0.25, -0.2) is 8.78 Å². The SMILES string of the molecule is Cl.O=C(c1ccc(F)c(F)c1)N1CCCC(N2CCNCC2=O)C1. The predicted octanol–water partition coefficient (Wildman–Crippen LogP) is 1.42. The second-order valence-electron chi connectivity index (χ2n) is 5.94. The Kier molecular flexibility index (Phi) is 6.12. The van der Waals surface area contributed by atoms with E-state index < -0.39 is 11.6 Å². The van der Waals surface area contributed by atoms with Crippen molar-refractivity contribution in [3.63, 3.8) is 0 Å². The highest BCUT2D eigenvalue weighted by Gasteiger charge is 2.32. The zero-order chi connectivity index (χ0) is 16.4. The molecule has 2 fully saturated rings. The van der Waals surface area contributed by atoms with Crippen LogP contribution < -0.4 is 5.32 Å². The number of halogens is 3. The van der Waals surface area contributed by atoms with Crippen molar-refractivity contribution in [2.45, 2.75) is 18.9 Å². The van der Waals surface area contributed by atoms with Gasteiger partial charge in [-0.15, -0.1) is 12.4 Å². The van der Waals surface area contributed by atoms with Gasteiger partial charge in [0.05, 0.1) is 6.54 Å². The predicted molar refractivity (Wildman–Crippen MR) is 87.1 cm³/mol. The summed E-state index contributed by atoms with van der Waals surface area (Å²) < 4.78 is 26.3. The maximum Gasteiger partial charge on any atom is 0.254 e. The fraction of sp³-hybridized carbons (Fsp3) is 0.500. The first-order chi connectivity index (χ1) is 11.1. The Morgan fingerprint density at radius 2 is 2.00 bits per heavy atom. The minimum Gasteiger partial charge on any atom is -0.337 e. The van der Waals surface area contributed by atoms with Crippen molar-refractivity contribution in [2.24, 2.45) is 0 Å². The van der Waals surface area contributed by atoms with Gasteiger partial charge in [-0.2, -0.15) is 0 Å². The third kappa shape index (κ3) is 3.84. The Balaban J connectivity index is 0.00000208. The molecule has 1 aromatic rings. The van der Waals surface area contributed by atoms with E-state index in [1.165, 1.54) is 6.07 Å². The van der Waals surface area contributed by atoms with E-state index in [4.69, 9.17) is 0 Å².